The third-order valence-electron chi connectivity index (χ3n) is 3.04. The number of benzene rings is 1. The van der Waals surface area contributed by atoms with E-state index in [0.29, 0.717) is 21.4 Å². The van der Waals surface area contributed by atoms with Crippen molar-refractivity contribution >= 4 is 50.2 Å². The molecule has 0 spiro atoms. The Bertz CT molecular complexity index is 966. The molecule has 0 atom stereocenters. The summed E-state index contributed by atoms with van der Waals surface area (Å²) >= 11 is 12.8. The lowest BCUT2D eigenvalue weighted by Gasteiger charge is -2.11. The van der Waals surface area contributed by atoms with Crippen LogP contribution in [0.1, 0.15) is 0 Å². The van der Waals surface area contributed by atoms with Gasteiger partial charge in [-0.15, -0.1) is 21.5 Å². The molecule has 2 aromatic heterocycles. The summed E-state index contributed by atoms with van der Waals surface area (Å²) < 4.78 is 29.7. The van der Waals surface area contributed by atoms with Gasteiger partial charge in [-0.3, -0.25) is 4.72 Å². The van der Waals surface area contributed by atoms with Gasteiger partial charge in [-0.05, 0) is 18.2 Å². The second-order valence-electron chi connectivity index (χ2n) is 4.61. The Kier molecular flexibility index (Phi) is 4.33. The van der Waals surface area contributed by atoms with Gasteiger partial charge in [0, 0.05) is 12.6 Å². The highest BCUT2D eigenvalue weighted by molar-refractivity contribution is 7.93. The molecule has 0 fully saturated rings. The van der Waals surface area contributed by atoms with Crippen LogP contribution in [0.15, 0.2) is 41.6 Å². The molecule has 120 valence electrons. The van der Waals surface area contributed by atoms with Crippen molar-refractivity contribution in [2.24, 2.45) is 7.05 Å². The van der Waals surface area contributed by atoms with Crippen LogP contribution < -0.4 is 4.72 Å². The molecule has 0 unspecified atom stereocenters. The number of para-hydroxylation sites is 1. The molecule has 0 radical (unpaired) electrons. The zero-order valence-electron chi connectivity index (χ0n) is 11.7. The minimum atomic E-state index is -3.86. The molecule has 0 aliphatic carbocycles. The highest BCUT2D eigenvalue weighted by Gasteiger charge is 2.23. The van der Waals surface area contributed by atoms with E-state index in [-0.39, 0.29) is 9.23 Å². The molecule has 0 saturated carbocycles. The minimum Gasteiger partial charge on any atom is -0.317 e. The Hall–Kier alpha value is -1.61. The van der Waals surface area contributed by atoms with Crippen molar-refractivity contribution < 1.29 is 8.42 Å². The van der Waals surface area contributed by atoms with Crippen molar-refractivity contribution in [1.29, 1.82) is 0 Å². The number of nitrogens with zero attached hydrogens (tertiary/aromatic N) is 3. The normalized spacial score (nSPS) is 11.6. The van der Waals surface area contributed by atoms with Gasteiger partial charge in [0.15, 0.2) is 5.82 Å². The number of hydrogen-bond acceptors (Lipinski definition) is 5. The van der Waals surface area contributed by atoms with E-state index in [2.05, 4.69) is 14.9 Å². The lowest BCUT2D eigenvalue weighted by molar-refractivity contribution is 0.601. The quantitative estimate of drug-likeness (QED) is 0.739. The maximum Gasteiger partial charge on any atom is 0.264 e. The molecule has 3 aromatic rings. The first kappa shape index (κ1) is 16.3. The van der Waals surface area contributed by atoms with Crippen molar-refractivity contribution in [1.82, 2.24) is 14.8 Å². The first-order chi connectivity index (χ1) is 10.9. The largest absolute Gasteiger partial charge is 0.317 e. The van der Waals surface area contributed by atoms with E-state index in [1.54, 1.807) is 35.9 Å². The lowest BCUT2D eigenvalue weighted by Crippen LogP contribution is -2.13. The number of aromatic nitrogens is 3. The summed E-state index contributed by atoms with van der Waals surface area (Å²) in [6, 6.07) is 8.23. The third kappa shape index (κ3) is 3.20. The molecule has 3 rings (SSSR count). The standard InChI is InChI=1S/C13H10Cl2N4O2S2/c1-19-7-16-17-13(19)8-4-2-3-5-9(8)18-23(20,21)10-6-11(14)22-12(10)15/h2-7,18H,1H3. The first-order valence-electron chi connectivity index (χ1n) is 6.29. The lowest BCUT2D eigenvalue weighted by atomic mass is 10.2. The maximum atomic E-state index is 12.6. The average Bonchev–Trinajstić information content (AvgIpc) is 3.05. The second-order valence-corrected chi connectivity index (χ2v) is 8.54. The molecule has 0 amide bonds. The van der Waals surface area contributed by atoms with Gasteiger partial charge in [0.1, 0.15) is 15.6 Å². The van der Waals surface area contributed by atoms with Crippen LogP contribution >= 0.6 is 34.5 Å². The minimum absolute atomic E-state index is 0.0538. The van der Waals surface area contributed by atoms with Crippen molar-refractivity contribution in [2.45, 2.75) is 4.90 Å². The third-order valence-corrected chi connectivity index (χ3v) is 6.16. The summed E-state index contributed by atoms with van der Waals surface area (Å²) in [6.07, 6.45) is 1.54. The SMILES string of the molecule is Cn1cnnc1-c1ccccc1NS(=O)(=O)c1cc(Cl)sc1Cl. The molecule has 1 N–H and O–H groups in total. The molecule has 10 heteroatoms. The van der Waals surface area contributed by atoms with E-state index in [1.807, 2.05) is 0 Å². The Labute approximate surface area is 146 Å². The first-order valence-corrected chi connectivity index (χ1v) is 9.35. The predicted molar refractivity (Wildman–Crippen MR) is 91.6 cm³/mol. The van der Waals surface area contributed by atoms with E-state index < -0.39 is 10.0 Å². The van der Waals surface area contributed by atoms with Gasteiger partial charge in [0.05, 0.1) is 10.0 Å². The zero-order valence-corrected chi connectivity index (χ0v) is 14.8. The maximum absolute atomic E-state index is 12.6. The highest BCUT2D eigenvalue weighted by Crippen LogP contribution is 2.36. The molecular weight excluding hydrogens is 379 g/mol. The monoisotopic (exact) mass is 388 g/mol. The van der Waals surface area contributed by atoms with Crippen LogP contribution in [0.5, 0.6) is 0 Å². The average molecular weight is 389 g/mol. The van der Waals surface area contributed by atoms with E-state index in [9.17, 15) is 8.42 Å². The summed E-state index contributed by atoms with van der Waals surface area (Å²) in [5.41, 5.74) is 0.982. The predicted octanol–water partition coefficient (Wildman–Crippen LogP) is 3.65. The Balaban J connectivity index is 2.04. The molecule has 0 aliphatic heterocycles. The molecule has 0 bridgehead atoms. The van der Waals surface area contributed by atoms with Gasteiger partial charge in [0.25, 0.3) is 10.0 Å². The van der Waals surface area contributed by atoms with Crippen LogP contribution in [0, 0.1) is 0 Å². The highest BCUT2D eigenvalue weighted by atomic mass is 35.5. The molecule has 0 saturated heterocycles. The van der Waals surface area contributed by atoms with Gasteiger partial charge < -0.3 is 4.57 Å². The van der Waals surface area contributed by atoms with Crippen molar-refractivity contribution in [3.63, 3.8) is 0 Å². The van der Waals surface area contributed by atoms with Crippen LogP contribution in [-0.4, -0.2) is 23.2 Å². The van der Waals surface area contributed by atoms with Crippen LogP contribution in [-0.2, 0) is 17.1 Å². The summed E-state index contributed by atoms with van der Waals surface area (Å²) in [5.74, 6) is 0.540. The number of anilines is 1. The van der Waals surface area contributed by atoms with Crippen molar-refractivity contribution in [3.8, 4) is 11.4 Å². The van der Waals surface area contributed by atoms with Gasteiger partial charge in [-0.25, -0.2) is 8.42 Å². The van der Waals surface area contributed by atoms with Crippen LogP contribution in [0.4, 0.5) is 5.69 Å². The Morgan fingerprint density at radius 2 is 2.00 bits per heavy atom. The number of rotatable bonds is 4. The fraction of sp³-hybridized carbons (Fsp3) is 0.0769. The summed E-state index contributed by atoms with van der Waals surface area (Å²) in [7, 11) is -2.09. The molecule has 0 aliphatic rings. The van der Waals surface area contributed by atoms with E-state index in [4.69, 9.17) is 23.2 Å². The van der Waals surface area contributed by atoms with Crippen molar-refractivity contribution in [2.75, 3.05) is 4.72 Å². The number of thiophene rings is 1. The number of aryl methyl sites for hydroxylation is 1. The fourth-order valence-electron chi connectivity index (χ4n) is 2.00. The smallest absolute Gasteiger partial charge is 0.264 e. The number of nitrogens with one attached hydrogen (secondary N) is 1. The van der Waals surface area contributed by atoms with E-state index in [0.717, 1.165) is 11.3 Å². The summed E-state index contributed by atoms with van der Waals surface area (Å²) in [5, 5.41) is 7.81. The van der Waals surface area contributed by atoms with Crippen LogP contribution in [0.3, 0.4) is 0 Å². The van der Waals surface area contributed by atoms with E-state index >= 15 is 0 Å². The zero-order chi connectivity index (χ0) is 16.6. The topological polar surface area (TPSA) is 76.9 Å². The van der Waals surface area contributed by atoms with Crippen LogP contribution in [0.2, 0.25) is 8.67 Å². The van der Waals surface area contributed by atoms with Crippen molar-refractivity contribution in [3.05, 3.63) is 45.3 Å². The summed E-state index contributed by atoms with van der Waals surface area (Å²) in [6.45, 7) is 0. The molecule has 1 aromatic carbocycles. The van der Waals surface area contributed by atoms with Crippen LogP contribution in [0.25, 0.3) is 11.4 Å². The Morgan fingerprint density at radius 3 is 2.61 bits per heavy atom. The van der Waals surface area contributed by atoms with Gasteiger partial charge >= 0.3 is 0 Å². The number of halogens is 2. The van der Waals surface area contributed by atoms with Gasteiger partial charge in [0.2, 0.25) is 0 Å². The molecule has 6 nitrogen and oxygen atoms in total. The number of hydrogen-bond donors (Lipinski definition) is 1. The second kappa shape index (κ2) is 6.12. The van der Waals surface area contributed by atoms with Gasteiger partial charge in [-0.1, -0.05) is 35.3 Å². The Morgan fingerprint density at radius 1 is 1.26 bits per heavy atom. The molecule has 23 heavy (non-hydrogen) atoms. The number of sulfonamides is 1. The summed E-state index contributed by atoms with van der Waals surface area (Å²) in [4.78, 5) is -0.0538. The van der Waals surface area contributed by atoms with E-state index in [1.165, 1.54) is 12.4 Å². The fourth-order valence-corrected chi connectivity index (χ4v) is 5.23. The molecule has 2 heterocycles. The van der Waals surface area contributed by atoms with Gasteiger partial charge in [-0.2, -0.15) is 0 Å². The molecular formula is C13H10Cl2N4O2S2.